The Morgan fingerprint density at radius 1 is 1.15 bits per heavy atom. The normalized spacial score (nSPS) is 9.85. The third kappa shape index (κ3) is 3.11. The quantitative estimate of drug-likeness (QED) is 0.889. The lowest BCUT2D eigenvalue weighted by molar-refractivity contribution is 0.0696. The third-order valence-electron chi connectivity index (χ3n) is 2.59. The minimum Gasteiger partial charge on any atom is -0.497 e. The predicted molar refractivity (Wildman–Crippen MR) is 72.1 cm³/mol. The summed E-state index contributed by atoms with van der Waals surface area (Å²) in [6.07, 6.45) is 1.14. The van der Waals surface area contributed by atoms with Crippen LogP contribution in [0.4, 0.5) is 5.69 Å². The van der Waals surface area contributed by atoms with Crippen molar-refractivity contribution in [2.24, 2.45) is 0 Å². The van der Waals surface area contributed by atoms with Crippen molar-refractivity contribution in [1.82, 2.24) is 4.98 Å². The maximum atomic E-state index is 11.9. The molecular weight excluding hydrogens is 260 g/mol. The minimum absolute atomic E-state index is 0.0333. The van der Waals surface area contributed by atoms with Crippen molar-refractivity contribution in [2.45, 2.75) is 0 Å². The van der Waals surface area contributed by atoms with Crippen molar-refractivity contribution in [3.63, 3.8) is 0 Å². The summed E-state index contributed by atoms with van der Waals surface area (Å²) in [4.78, 5) is 26.4. The van der Waals surface area contributed by atoms with Crippen LogP contribution in [0.5, 0.6) is 5.75 Å². The van der Waals surface area contributed by atoms with E-state index in [9.17, 15) is 9.59 Å². The number of methoxy groups -OCH3 is 1. The Hall–Kier alpha value is -2.89. The van der Waals surface area contributed by atoms with Gasteiger partial charge in [0.25, 0.3) is 5.91 Å². The van der Waals surface area contributed by atoms with Crippen LogP contribution in [-0.2, 0) is 0 Å². The predicted octanol–water partition coefficient (Wildman–Crippen LogP) is 2.04. The van der Waals surface area contributed by atoms with Gasteiger partial charge in [-0.15, -0.1) is 0 Å². The Morgan fingerprint density at radius 2 is 1.85 bits per heavy atom. The lowest BCUT2D eigenvalue weighted by atomic mass is 10.2. The van der Waals surface area contributed by atoms with Gasteiger partial charge in [-0.2, -0.15) is 0 Å². The fourth-order valence-electron chi connectivity index (χ4n) is 1.52. The highest BCUT2D eigenvalue weighted by atomic mass is 16.5. The van der Waals surface area contributed by atoms with E-state index in [1.807, 2.05) is 0 Å². The maximum absolute atomic E-state index is 11.9. The fourth-order valence-corrected chi connectivity index (χ4v) is 1.52. The average Bonchev–Trinajstić information content (AvgIpc) is 2.48. The van der Waals surface area contributed by atoms with E-state index in [2.05, 4.69) is 10.3 Å². The zero-order valence-electron chi connectivity index (χ0n) is 10.7. The summed E-state index contributed by atoms with van der Waals surface area (Å²) in [7, 11) is 1.56. The molecule has 0 spiro atoms. The molecule has 2 rings (SSSR count). The van der Waals surface area contributed by atoms with Gasteiger partial charge in [0.2, 0.25) is 0 Å². The molecule has 102 valence electrons. The van der Waals surface area contributed by atoms with Crippen LogP contribution in [-0.4, -0.2) is 29.1 Å². The molecule has 0 saturated carbocycles. The molecule has 0 saturated heterocycles. The molecule has 0 aliphatic heterocycles. The number of nitrogens with zero attached hydrogens (tertiary/aromatic N) is 1. The highest BCUT2D eigenvalue weighted by Crippen LogP contribution is 2.15. The van der Waals surface area contributed by atoms with Crippen molar-refractivity contribution in [3.05, 3.63) is 53.9 Å². The van der Waals surface area contributed by atoms with E-state index < -0.39 is 11.9 Å². The van der Waals surface area contributed by atoms with Gasteiger partial charge in [-0.05, 0) is 36.4 Å². The number of carbonyl (C=O) groups is 2. The molecule has 0 atom stereocenters. The Labute approximate surface area is 115 Å². The van der Waals surface area contributed by atoms with Crippen LogP contribution in [0.2, 0.25) is 0 Å². The van der Waals surface area contributed by atoms with Crippen molar-refractivity contribution >= 4 is 17.6 Å². The topological polar surface area (TPSA) is 88.5 Å². The number of anilines is 1. The molecule has 0 unspecified atom stereocenters. The highest BCUT2D eigenvalue weighted by Gasteiger charge is 2.09. The van der Waals surface area contributed by atoms with E-state index in [0.717, 1.165) is 6.20 Å². The number of carbonyl (C=O) groups excluding carboxylic acids is 1. The first-order valence-electron chi connectivity index (χ1n) is 5.75. The van der Waals surface area contributed by atoms with E-state index >= 15 is 0 Å². The van der Waals surface area contributed by atoms with E-state index in [4.69, 9.17) is 9.84 Å². The smallest absolute Gasteiger partial charge is 0.337 e. The highest BCUT2D eigenvalue weighted by molar-refractivity contribution is 6.03. The van der Waals surface area contributed by atoms with Gasteiger partial charge in [-0.3, -0.25) is 9.78 Å². The molecule has 1 aromatic heterocycles. The number of amides is 1. The number of pyridine rings is 1. The molecule has 0 bridgehead atoms. The fraction of sp³-hybridized carbons (Fsp3) is 0.0714. The number of nitrogens with one attached hydrogen (secondary N) is 1. The number of rotatable bonds is 4. The first-order valence-corrected chi connectivity index (χ1v) is 5.75. The van der Waals surface area contributed by atoms with Crippen LogP contribution in [0.3, 0.4) is 0 Å². The van der Waals surface area contributed by atoms with Crippen molar-refractivity contribution in [1.29, 1.82) is 0 Å². The van der Waals surface area contributed by atoms with Gasteiger partial charge in [-0.1, -0.05) is 0 Å². The lowest BCUT2D eigenvalue weighted by Gasteiger charge is -2.06. The number of aromatic carboxylic acids is 1. The van der Waals surface area contributed by atoms with Crippen LogP contribution in [0.15, 0.2) is 42.6 Å². The van der Waals surface area contributed by atoms with Gasteiger partial charge < -0.3 is 15.2 Å². The summed E-state index contributed by atoms with van der Waals surface area (Å²) < 4.78 is 5.01. The molecule has 1 aromatic carbocycles. The molecular formula is C14H12N2O4. The largest absolute Gasteiger partial charge is 0.497 e. The van der Waals surface area contributed by atoms with Gasteiger partial charge in [0.15, 0.2) is 0 Å². The maximum Gasteiger partial charge on any atom is 0.337 e. The Kier molecular flexibility index (Phi) is 3.95. The number of carboxylic acid groups (broad SMARTS) is 1. The monoisotopic (exact) mass is 272 g/mol. The van der Waals surface area contributed by atoms with E-state index in [1.165, 1.54) is 12.1 Å². The molecule has 6 nitrogen and oxygen atoms in total. The van der Waals surface area contributed by atoms with Gasteiger partial charge >= 0.3 is 5.97 Å². The molecule has 6 heteroatoms. The number of hydrogen-bond acceptors (Lipinski definition) is 4. The molecule has 2 aromatic rings. The molecule has 1 amide bonds. The van der Waals surface area contributed by atoms with E-state index in [0.29, 0.717) is 11.4 Å². The second-order valence-electron chi connectivity index (χ2n) is 3.92. The Morgan fingerprint density at radius 3 is 2.35 bits per heavy atom. The molecule has 0 fully saturated rings. The summed E-state index contributed by atoms with van der Waals surface area (Å²) in [5.41, 5.74) is 0.775. The van der Waals surface area contributed by atoms with Gasteiger partial charge in [-0.25, -0.2) is 4.79 Å². The van der Waals surface area contributed by atoms with Gasteiger partial charge in [0, 0.05) is 11.9 Å². The lowest BCUT2D eigenvalue weighted by Crippen LogP contribution is -2.14. The number of hydrogen-bond donors (Lipinski definition) is 2. The number of ether oxygens (including phenoxy) is 1. The number of aromatic nitrogens is 1. The zero-order valence-corrected chi connectivity index (χ0v) is 10.7. The standard InChI is InChI=1S/C14H12N2O4/c1-20-11-5-3-10(4-6-11)16-13(17)12-7-2-9(8-15-12)14(18)19/h2-8H,1H3,(H,16,17)(H,18,19). The van der Waals surface area contributed by atoms with Crippen LogP contribution >= 0.6 is 0 Å². The van der Waals surface area contributed by atoms with Crippen LogP contribution < -0.4 is 10.1 Å². The minimum atomic E-state index is -1.08. The van der Waals surface area contributed by atoms with Crippen LogP contribution in [0.25, 0.3) is 0 Å². The summed E-state index contributed by atoms with van der Waals surface area (Å²) in [5.74, 6) is -0.807. The Balaban J connectivity index is 2.08. The summed E-state index contributed by atoms with van der Waals surface area (Å²) in [5, 5.41) is 11.4. The van der Waals surface area contributed by atoms with E-state index in [1.54, 1.807) is 31.4 Å². The molecule has 20 heavy (non-hydrogen) atoms. The molecule has 0 aliphatic rings. The summed E-state index contributed by atoms with van der Waals surface area (Å²) >= 11 is 0. The molecule has 1 heterocycles. The summed E-state index contributed by atoms with van der Waals surface area (Å²) in [6, 6.07) is 9.53. The number of carboxylic acids is 1. The van der Waals surface area contributed by atoms with Crippen molar-refractivity contribution < 1.29 is 19.4 Å². The van der Waals surface area contributed by atoms with E-state index in [-0.39, 0.29) is 11.3 Å². The second-order valence-corrected chi connectivity index (χ2v) is 3.92. The second kappa shape index (κ2) is 5.83. The first-order chi connectivity index (χ1) is 9.60. The Bertz CT molecular complexity index is 621. The molecule has 0 radical (unpaired) electrons. The molecule has 2 N–H and O–H groups in total. The summed E-state index contributed by atoms with van der Waals surface area (Å²) in [6.45, 7) is 0. The van der Waals surface area contributed by atoms with Gasteiger partial charge in [0.1, 0.15) is 11.4 Å². The zero-order chi connectivity index (χ0) is 14.5. The third-order valence-corrected chi connectivity index (χ3v) is 2.59. The number of benzene rings is 1. The average molecular weight is 272 g/mol. The van der Waals surface area contributed by atoms with Crippen molar-refractivity contribution in [3.8, 4) is 5.75 Å². The van der Waals surface area contributed by atoms with Crippen LogP contribution in [0, 0.1) is 0 Å². The SMILES string of the molecule is COc1ccc(NC(=O)c2ccc(C(=O)O)cn2)cc1. The molecule has 0 aliphatic carbocycles. The van der Waals surface area contributed by atoms with Crippen LogP contribution in [0.1, 0.15) is 20.8 Å². The van der Waals surface area contributed by atoms with Crippen molar-refractivity contribution in [2.75, 3.05) is 12.4 Å². The van der Waals surface area contributed by atoms with Gasteiger partial charge in [0.05, 0.1) is 12.7 Å². The first kappa shape index (κ1) is 13.5.